The van der Waals surface area contributed by atoms with Gasteiger partial charge in [0.1, 0.15) is 0 Å². The van der Waals surface area contributed by atoms with E-state index >= 15 is 0 Å². The van der Waals surface area contributed by atoms with Gasteiger partial charge in [0.05, 0.1) is 6.61 Å². The fourth-order valence-corrected chi connectivity index (χ4v) is 2.11. The van der Waals surface area contributed by atoms with Gasteiger partial charge < -0.3 is 5.11 Å². The number of benzene rings is 1. The molecule has 0 atom stereocenters. The standard InChI is InChI=1S/C12H14BrO/c1-8(7-14)10-4-11(9-2-3-9)6-12(13)5-10/h4-6,9,14H,2-3,7H2,1H3. The van der Waals surface area contributed by atoms with E-state index in [1.54, 1.807) is 0 Å². The van der Waals surface area contributed by atoms with Crippen molar-refractivity contribution in [2.75, 3.05) is 6.61 Å². The maximum absolute atomic E-state index is 9.07. The Labute approximate surface area is 93.3 Å². The molecule has 1 nitrogen and oxygen atoms in total. The van der Waals surface area contributed by atoms with Gasteiger partial charge in [0, 0.05) is 10.4 Å². The van der Waals surface area contributed by atoms with Crippen molar-refractivity contribution in [2.24, 2.45) is 0 Å². The van der Waals surface area contributed by atoms with Crippen LogP contribution in [0, 0.1) is 5.92 Å². The molecule has 0 amide bonds. The Balaban J connectivity index is 2.30. The number of hydrogen-bond acceptors (Lipinski definition) is 1. The molecule has 1 aromatic carbocycles. The van der Waals surface area contributed by atoms with Crippen molar-refractivity contribution in [1.29, 1.82) is 0 Å². The van der Waals surface area contributed by atoms with E-state index < -0.39 is 0 Å². The van der Waals surface area contributed by atoms with Crippen molar-refractivity contribution < 1.29 is 5.11 Å². The lowest BCUT2D eigenvalue weighted by Crippen LogP contribution is -2.00. The van der Waals surface area contributed by atoms with Gasteiger partial charge in [-0.25, -0.2) is 0 Å². The number of halogens is 1. The third-order valence-electron chi connectivity index (χ3n) is 2.70. The second-order valence-electron chi connectivity index (χ2n) is 3.99. The summed E-state index contributed by atoms with van der Waals surface area (Å²) in [5, 5.41) is 9.07. The van der Waals surface area contributed by atoms with Crippen molar-refractivity contribution in [3.8, 4) is 0 Å². The second kappa shape index (κ2) is 4.03. The Bertz CT molecular complexity index is 331. The monoisotopic (exact) mass is 253 g/mol. The van der Waals surface area contributed by atoms with E-state index in [1.165, 1.54) is 18.4 Å². The Morgan fingerprint density at radius 3 is 2.71 bits per heavy atom. The van der Waals surface area contributed by atoms with Crippen LogP contribution in [0.25, 0.3) is 0 Å². The molecule has 0 bridgehead atoms. The number of aliphatic hydroxyl groups is 1. The van der Waals surface area contributed by atoms with Crippen LogP contribution in [0.15, 0.2) is 22.7 Å². The van der Waals surface area contributed by atoms with Crippen LogP contribution in [0.4, 0.5) is 0 Å². The van der Waals surface area contributed by atoms with Gasteiger partial charge in [0.25, 0.3) is 0 Å². The second-order valence-corrected chi connectivity index (χ2v) is 4.90. The molecule has 1 aliphatic rings. The molecule has 1 saturated carbocycles. The summed E-state index contributed by atoms with van der Waals surface area (Å²) in [6.07, 6.45) is 2.63. The predicted octanol–water partition coefficient (Wildman–Crippen LogP) is 3.26. The minimum Gasteiger partial charge on any atom is -0.395 e. The molecule has 1 radical (unpaired) electrons. The van der Waals surface area contributed by atoms with Crippen LogP contribution in [-0.4, -0.2) is 11.7 Å². The summed E-state index contributed by atoms with van der Waals surface area (Å²) >= 11 is 3.51. The Kier molecular flexibility index (Phi) is 2.93. The van der Waals surface area contributed by atoms with Crippen LogP contribution in [0.2, 0.25) is 0 Å². The molecule has 0 spiro atoms. The molecule has 0 saturated heterocycles. The lowest BCUT2D eigenvalue weighted by Gasteiger charge is -2.10. The summed E-state index contributed by atoms with van der Waals surface area (Å²) in [5.41, 5.74) is 2.56. The highest BCUT2D eigenvalue weighted by atomic mass is 79.9. The molecule has 1 fully saturated rings. The molecule has 0 heterocycles. The van der Waals surface area contributed by atoms with E-state index in [2.05, 4.69) is 34.1 Å². The van der Waals surface area contributed by atoms with Crippen molar-refractivity contribution in [3.63, 3.8) is 0 Å². The average Bonchev–Trinajstić information content (AvgIpc) is 2.98. The van der Waals surface area contributed by atoms with Crippen LogP contribution in [0.5, 0.6) is 0 Å². The van der Waals surface area contributed by atoms with Gasteiger partial charge in [-0.2, -0.15) is 0 Å². The van der Waals surface area contributed by atoms with Gasteiger partial charge >= 0.3 is 0 Å². The zero-order valence-corrected chi connectivity index (χ0v) is 9.84. The maximum Gasteiger partial charge on any atom is 0.0534 e. The van der Waals surface area contributed by atoms with Gasteiger partial charge in [0.2, 0.25) is 0 Å². The van der Waals surface area contributed by atoms with Crippen LogP contribution in [-0.2, 0) is 0 Å². The number of hydrogen-bond donors (Lipinski definition) is 1. The molecular weight excluding hydrogens is 240 g/mol. The van der Waals surface area contributed by atoms with Crippen molar-refractivity contribution >= 4 is 15.9 Å². The zero-order chi connectivity index (χ0) is 10.1. The number of aliphatic hydroxyl groups excluding tert-OH is 1. The minimum absolute atomic E-state index is 0.139. The van der Waals surface area contributed by atoms with E-state index in [9.17, 15) is 0 Å². The van der Waals surface area contributed by atoms with E-state index in [-0.39, 0.29) is 6.61 Å². The highest BCUT2D eigenvalue weighted by molar-refractivity contribution is 9.10. The van der Waals surface area contributed by atoms with Gasteiger partial charge in [-0.1, -0.05) is 28.9 Å². The van der Waals surface area contributed by atoms with Crippen molar-refractivity contribution in [1.82, 2.24) is 0 Å². The molecule has 75 valence electrons. The molecule has 1 N–H and O–H groups in total. The summed E-state index contributed by atoms with van der Waals surface area (Å²) in [6, 6.07) is 6.46. The van der Waals surface area contributed by atoms with Gasteiger partial charge in [0.15, 0.2) is 0 Å². The highest BCUT2D eigenvalue weighted by Crippen LogP contribution is 2.41. The van der Waals surface area contributed by atoms with Gasteiger partial charge in [-0.3, -0.25) is 0 Å². The zero-order valence-electron chi connectivity index (χ0n) is 8.26. The predicted molar refractivity (Wildman–Crippen MR) is 61.2 cm³/mol. The summed E-state index contributed by atoms with van der Waals surface area (Å²) < 4.78 is 1.12. The van der Waals surface area contributed by atoms with Crippen molar-refractivity contribution in [2.45, 2.75) is 25.7 Å². The first-order valence-electron chi connectivity index (χ1n) is 4.95. The van der Waals surface area contributed by atoms with Gasteiger partial charge in [-0.15, -0.1) is 0 Å². The quantitative estimate of drug-likeness (QED) is 0.877. The third-order valence-corrected chi connectivity index (χ3v) is 3.16. The van der Waals surface area contributed by atoms with E-state index in [0.717, 1.165) is 21.9 Å². The lowest BCUT2D eigenvalue weighted by atomic mass is 9.98. The fraction of sp³-hybridized carbons (Fsp3) is 0.417. The normalized spacial score (nSPS) is 16.3. The first kappa shape index (κ1) is 10.2. The van der Waals surface area contributed by atoms with E-state index in [0.29, 0.717) is 0 Å². The average molecular weight is 254 g/mol. The molecule has 0 aliphatic heterocycles. The van der Waals surface area contributed by atoms with Crippen molar-refractivity contribution in [3.05, 3.63) is 39.7 Å². The smallest absolute Gasteiger partial charge is 0.0534 e. The summed E-state index contributed by atoms with van der Waals surface area (Å²) in [7, 11) is 0. The summed E-state index contributed by atoms with van der Waals surface area (Å²) in [4.78, 5) is 0. The molecule has 0 aromatic heterocycles. The van der Waals surface area contributed by atoms with Gasteiger partial charge in [-0.05, 0) is 42.0 Å². The van der Waals surface area contributed by atoms with Crippen LogP contribution < -0.4 is 0 Å². The molecule has 2 rings (SSSR count). The maximum atomic E-state index is 9.07. The number of rotatable bonds is 3. The van der Waals surface area contributed by atoms with Crippen LogP contribution in [0.1, 0.15) is 36.8 Å². The third kappa shape index (κ3) is 2.18. The Morgan fingerprint density at radius 1 is 1.43 bits per heavy atom. The fourth-order valence-electron chi connectivity index (χ4n) is 1.60. The van der Waals surface area contributed by atoms with Crippen LogP contribution >= 0.6 is 15.9 Å². The summed E-state index contributed by atoms with van der Waals surface area (Å²) in [6.45, 7) is 2.11. The highest BCUT2D eigenvalue weighted by Gasteiger charge is 2.24. The minimum atomic E-state index is 0.139. The summed E-state index contributed by atoms with van der Waals surface area (Å²) in [5.74, 6) is 1.80. The molecule has 1 aromatic rings. The largest absolute Gasteiger partial charge is 0.395 e. The lowest BCUT2D eigenvalue weighted by molar-refractivity contribution is 0.315. The molecule has 14 heavy (non-hydrogen) atoms. The molecule has 0 unspecified atom stereocenters. The van der Waals surface area contributed by atoms with Crippen LogP contribution in [0.3, 0.4) is 0 Å². The molecule has 1 aliphatic carbocycles. The van der Waals surface area contributed by atoms with E-state index in [4.69, 9.17) is 5.11 Å². The Hall–Kier alpha value is -0.340. The Morgan fingerprint density at radius 2 is 2.14 bits per heavy atom. The first-order chi connectivity index (χ1) is 6.70. The van der Waals surface area contributed by atoms with E-state index in [1.807, 2.05) is 6.92 Å². The topological polar surface area (TPSA) is 20.2 Å². The molecule has 2 heteroatoms. The SMILES string of the molecule is C[C](CO)c1cc(Br)cc(C2CC2)c1. The molecular formula is C12H14BrO. The first-order valence-corrected chi connectivity index (χ1v) is 5.74.